The quantitative estimate of drug-likeness (QED) is 0.472. The Morgan fingerprint density at radius 3 is 2.58 bits per heavy atom. The highest BCUT2D eigenvalue weighted by Gasteiger charge is 2.37. The van der Waals surface area contributed by atoms with Crippen LogP contribution in [-0.4, -0.2) is 30.0 Å². The van der Waals surface area contributed by atoms with Gasteiger partial charge in [-0.25, -0.2) is 0 Å². The molecule has 0 aliphatic heterocycles. The van der Waals surface area contributed by atoms with Crippen molar-refractivity contribution >= 4 is 33.3 Å². The number of nitrogens with zero attached hydrogens (tertiary/aromatic N) is 6. The van der Waals surface area contributed by atoms with Gasteiger partial charge in [0, 0.05) is 4.47 Å². The first-order valence-electron chi connectivity index (χ1n) is 6.98. The van der Waals surface area contributed by atoms with Crippen molar-refractivity contribution in [3.05, 3.63) is 46.7 Å². The van der Waals surface area contributed by atoms with Gasteiger partial charge in [-0.15, -0.1) is 20.4 Å². The van der Waals surface area contributed by atoms with Gasteiger partial charge in [-0.05, 0) is 52.0 Å². The lowest BCUT2D eigenvalue weighted by molar-refractivity contribution is -0.146. The maximum absolute atomic E-state index is 12.9. The molecule has 0 N–H and O–H groups in total. The summed E-state index contributed by atoms with van der Waals surface area (Å²) in [7, 11) is 0. The second-order valence-corrected chi connectivity index (χ2v) is 6.74. The maximum Gasteiger partial charge on any atom is 0.453 e. The van der Waals surface area contributed by atoms with Gasteiger partial charge in [0.15, 0.2) is 5.65 Å². The van der Waals surface area contributed by atoms with E-state index in [4.69, 9.17) is 4.42 Å². The fraction of sp³-hybridized carbons (Fsp3) is 0.0714. The third-order valence-electron chi connectivity index (χ3n) is 3.19. The SMILES string of the molecule is FC(F)(F)c1nnc2ccc(Sc3nnc(-c4ccccc4Br)o3)nn12. The number of benzene rings is 1. The Hall–Kier alpha value is -2.47. The van der Waals surface area contributed by atoms with Crippen LogP contribution >= 0.6 is 27.7 Å². The number of alkyl halides is 3. The minimum absolute atomic E-state index is 0.0129. The van der Waals surface area contributed by atoms with Gasteiger partial charge in [0.05, 0.1) is 5.56 Å². The first-order valence-corrected chi connectivity index (χ1v) is 8.59. The molecule has 0 saturated heterocycles. The van der Waals surface area contributed by atoms with Gasteiger partial charge in [0.1, 0.15) is 5.03 Å². The van der Waals surface area contributed by atoms with E-state index in [9.17, 15) is 13.2 Å². The summed E-state index contributed by atoms with van der Waals surface area (Å²) in [6, 6.07) is 10.2. The van der Waals surface area contributed by atoms with Crippen LogP contribution in [0.25, 0.3) is 17.1 Å². The highest BCUT2D eigenvalue weighted by molar-refractivity contribution is 9.10. The van der Waals surface area contributed by atoms with Gasteiger partial charge in [-0.1, -0.05) is 12.1 Å². The summed E-state index contributed by atoms with van der Waals surface area (Å²) < 4.78 is 45.7. The molecule has 0 aliphatic carbocycles. The lowest BCUT2D eigenvalue weighted by atomic mass is 10.2. The Morgan fingerprint density at radius 2 is 1.81 bits per heavy atom. The second kappa shape index (κ2) is 6.36. The number of rotatable bonds is 3. The van der Waals surface area contributed by atoms with Crippen molar-refractivity contribution in [1.29, 1.82) is 0 Å². The van der Waals surface area contributed by atoms with Crippen LogP contribution in [0.3, 0.4) is 0 Å². The van der Waals surface area contributed by atoms with Crippen LogP contribution in [0.5, 0.6) is 0 Å². The summed E-state index contributed by atoms with van der Waals surface area (Å²) >= 11 is 4.32. The smallest absolute Gasteiger partial charge is 0.411 e. The predicted molar refractivity (Wildman–Crippen MR) is 87.3 cm³/mol. The van der Waals surface area contributed by atoms with E-state index >= 15 is 0 Å². The monoisotopic (exact) mass is 442 g/mol. The molecule has 4 aromatic rings. The number of aromatic nitrogens is 6. The van der Waals surface area contributed by atoms with Gasteiger partial charge in [-0.2, -0.15) is 22.8 Å². The van der Waals surface area contributed by atoms with Crippen molar-refractivity contribution in [2.45, 2.75) is 16.4 Å². The van der Waals surface area contributed by atoms with E-state index < -0.39 is 12.0 Å². The van der Waals surface area contributed by atoms with E-state index in [2.05, 4.69) is 41.4 Å². The fourth-order valence-electron chi connectivity index (χ4n) is 2.09. The fourth-order valence-corrected chi connectivity index (χ4v) is 3.18. The van der Waals surface area contributed by atoms with Crippen LogP contribution in [0.2, 0.25) is 0 Å². The third-order valence-corrected chi connectivity index (χ3v) is 4.65. The summed E-state index contributed by atoms with van der Waals surface area (Å²) in [4.78, 5) is 0. The first kappa shape index (κ1) is 17.0. The summed E-state index contributed by atoms with van der Waals surface area (Å²) in [5, 5.41) is 18.7. The number of hydrogen-bond donors (Lipinski definition) is 0. The van der Waals surface area contributed by atoms with Crippen molar-refractivity contribution in [2.24, 2.45) is 0 Å². The Balaban J connectivity index is 1.65. The lowest BCUT2D eigenvalue weighted by Crippen LogP contribution is -2.12. The van der Waals surface area contributed by atoms with Crippen molar-refractivity contribution in [3.63, 3.8) is 0 Å². The Kier molecular flexibility index (Phi) is 4.15. The normalized spacial score (nSPS) is 12.0. The molecule has 0 atom stereocenters. The molecule has 0 spiro atoms. The zero-order chi connectivity index (χ0) is 18.3. The Bertz CT molecular complexity index is 1100. The van der Waals surface area contributed by atoms with Crippen LogP contribution < -0.4 is 0 Å². The maximum atomic E-state index is 12.9. The molecule has 4 rings (SSSR count). The topological polar surface area (TPSA) is 82.0 Å². The summed E-state index contributed by atoms with van der Waals surface area (Å²) in [6.45, 7) is 0. The molecule has 0 radical (unpaired) electrons. The van der Waals surface area contributed by atoms with Crippen LogP contribution in [-0.2, 0) is 6.18 Å². The van der Waals surface area contributed by atoms with E-state index in [0.717, 1.165) is 16.2 Å². The van der Waals surface area contributed by atoms with E-state index in [-0.39, 0.29) is 21.8 Å². The van der Waals surface area contributed by atoms with Gasteiger partial charge in [0.25, 0.3) is 11.0 Å². The summed E-state index contributed by atoms with van der Waals surface area (Å²) in [5.41, 5.74) is 0.689. The Morgan fingerprint density at radius 1 is 1.00 bits per heavy atom. The average molecular weight is 443 g/mol. The number of hydrogen-bond acceptors (Lipinski definition) is 7. The molecule has 0 bridgehead atoms. The van der Waals surface area contributed by atoms with Gasteiger partial charge in [-0.3, -0.25) is 0 Å². The molecule has 26 heavy (non-hydrogen) atoms. The van der Waals surface area contributed by atoms with E-state index in [1.165, 1.54) is 12.1 Å². The van der Waals surface area contributed by atoms with Crippen molar-refractivity contribution in [2.75, 3.05) is 0 Å². The number of fused-ring (bicyclic) bond motifs is 1. The van der Waals surface area contributed by atoms with Gasteiger partial charge < -0.3 is 4.42 Å². The molecule has 3 heterocycles. The second-order valence-electron chi connectivity index (χ2n) is 4.92. The minimum atomic E-state index is -4.66. The van der Waals surface area contributed by atoms with E-state index in [1.54, 1.807) is 6.07 Å². The predicted octanol–water partition coefficient (Wildman–Crippen LogP) is 4.11. The molecule has 3 aromatic heterocycles. The van der Waals surface area contributed by atoms with Gasteiger partial charge >= 0.3 is 6.18 Å². The molecule has 12 heteroatoms. The van der Waals surface area contributed by atoms with E-state index in [1.807, 2.05) is 18.2 Å². The lowest BCUT2D eigenvalue weighted by Gasteiger charge is -2.03. The molecule has 0 fully saturated rings. The standard InChI is InChI=1S/C14H6BrF3N6OS/c15-8-4-2-1-3-7(8)11-20-22-13(25-11)26-10-6-5-9-19-21-12(14(16,17)18)24(9)23-10/h1-6H. The molecule has 1 aromatic carbocycles. The summed E-state index contributed by atoms with van der Waals surface area (Å²) in [6.07, 6.45) is -4.66. The van der Waals surface area contributed by atoms with Crippen molar-refractivity contribution in [1.82, 2.24) is 30.0 Å². The highest BCUT2D eigenvalue weighted by atomic mass is 79.9. The largest absolute Gasteiger partial charge is 0.453 e. The molecule has 0 aliphatic rings. The zero-order valence-electron chi connectivity index (χ0n) is 12.5. The molecule has 0 amide bonds. The van der Waals surface area contributed by atoms with Crippen LogP contribution in [0.1, 0.15) is 5.82 Å². The molecule has 0 unspecified atom stereocenters. The molecule has 0 saturated carbocycles. The van der Waals surface area contributed by atoms with Gasteiger partial charge in [0.2, 0.25) is 5.89 Å². The van der Waals surface area contributed by atoms with Crippen molar-refractivity contribution < 1.29 is 17.6 Å². The molecular weight excluding hydrogens is 437 g/mol. The Labute approximate surface area is 155 Å². The average Bonchev–Trinajstić information content (AvgIpc) is 3.21. The van der Waals surface area contributed by atoms with Crippen LogP contribution in [0.4, 0.5) is 13.2 Å². The molecular formula is C14H6BrF3N6OS. The third kappa shape index (κ3) is 3.17. The molecule has 132 valence electrons. The highest BCUT2D eigenvalue weighted by Crippen LogP contribution is 2.32. The molecule has 7 nitrogen and oxygen atoms in total. The van der Waals surface area contributed by atoms with Crippen LogP contribution in [0.15, 0.2) is 55.5 Å². The first-order chi connectivity index (χ1) is 12.4. The zero-order valence-corrected chi connectivity index (χ0v) is 14.9. The minimum Gasteiger partial charge on any atom is -0.411 e. The number of halogens is 4. The summed E-state index contributed by atoms with van der Waals surface area (Å²) in [5.74, 6) is -0.921. The van der Waals surface area contributed by atoms with Crippen LogP contribution in [0, 0.1) is 0 Å². The van der Waals surface area contributed by atoms with Crippen molar-refractivity contribution in [3.8, 4) is 11.5 Å². The van der Waals surface area contributed by atoms with E-state index in [0.29, 0.717) is 10.1 Å².